The van der Waals surface area contributed by atoms with Gasteiger partial charge in [0, 0.05) is 10.9 Å². The quantitative estimate of drug-likeness (QED) is 0.700. The lowest BCUT2D eigenvalue weighted by Crippen LogP contribution is -2.31. The van der Waals surface area contributed by atoms with Gasteiger partial charge in [-0.3, -0.25) is 4.90 Å². The Hall–Kier alpha value is -0.340. The second kappa shape index (κ2) is 4.25. The molecule has 1 aromatic rings. The van der Waals surface area contributed by atoms with Gasteiger partial charge in [-0.15, -0.1) is 11.3 Å². The van der Waals surface area contributed by atoms with E-state index in [0.717, 1.165) is 0 Å². The molecule has 2 heterocycles. The summed E-state index contributed by atoms with van der Waals surface area (Å²) in [6, 6.07) is 5.05. The molecule has 72 valence electrons. The van der Waals surface area contributed by atoms with E-state index in [9.17, 15) is 0 Å². The molecular formula is C11H17NS. The predicted molar refractivity (Wildman–Crippen MR) is 58.2 cm³/mol. The first-order chi connectivity index (χ1) is 6.38. The van der Waals surface area contributed by atoms with Crippen molar-refractivity contribution >= 4 is 11.3 Å². The highest BCUT2D eigenvalue weighted by Gasteiger charge is 2.18. The molecule has 0 bridgehead atoms. The van der Waals surface area contributed by atoms with Crippen molar-refractivity contribution in [1.82, 2.24) is 4.90 Å². The van der Waals surface area contributed by atoms with Crippen molar-refractivity contribution in [2.45, 2.75) is 32.2 Å². The second-order valence-corrected chi connectivity index (χ2v) is 4.77. The van der Waals surface area contributed by atoms with Gasteiger partial charge in [-0.05, 0) is 44.3 Å². The minimum absolute atomic E-state index is 0.639. The van der Waals surface area contributed by atoms with E-state index in [2.05, 4.69) is 29.3 Å². The minimum Gasteiger partial charge on any atom is -0.296 e. The molecule has 1 aromatic heterocycles. The van der Waals surface area contributed by atoms with Gasteiger partial charge in [0.25, 0.3) is 0 Å². The van der Waals surface area contributed by atoms with Gasteiger partial charge in [0.15, 0.2) is 0 Å². The summed E-state index contributed by atoms with van der Waals surface area (Å²) >= 11 is 1.88. The second-order valence-electron chi connectivity index (χ2n) is 3.79. The molecule has 1 aliphatic heterocycles. The van der Waals surface area contributed by atoms with E-state index < -0.39 is 0 Å². The van der Waals surface area contributed by atoms with E-state index in [0.29, 0.717) is 6.04 Å². The number of rotatable bonds is 2. The molecule has 0 aromatic carbocycles. The van der Waals surface area contributed by atoms with E-state index in [-0.39, 0.29) is 0 Å². The molecule has 1 atom stereocenters. The zero-order chi connectivity index (χ0) is 9.10. The van der Waals surface area contributed by atoms with Gasteiger partial charge in [-0.1, -0.05) is 12.5 Å². The van der Waals surface area contributed by atoms with E-state index in [1.807, 2.05) is 11.3 Å². The summed E-state index contributed by atoms with van der Waals surface area (Å²) < 4.78 is 0. The predicted octanol–water partition coefficient (Wildman–Crippen LogP) is 3.30. The molecule has 0 amide bonds. The average molecular weight is 195 g/mol. The van der Waals surface area contributed by atoms with Crippen LogP contribution in [-0.2, 0) is 0 Å². The van der Waals surface area contributed by atoms with Crippen LogP contribution in [0.2, 0.25) is 0 Å². The van der Waals surface area contributed by atoms with Crippen LogP contribution in [0.15, 0.2) is 17.5 Å². The highest BCUT2D eigenvalue weighted by atomic mass is 32.1. The zero-order valence-electron chi connectivity index (χ0n) is 8.20. The van der Waals surface area contributed by atoms with Crippen LogP contribution in [-0.4, -0.2) is 18.0 Å². The maximum Gasteiger partial charge on any atom is 0.0413 e. The van der Waals surface area contributed by atoms with Crippen molar-refractivity contribution in [1.29, 1.82) is 0 Å². The normalized spacial score (nSPS) is 21.6. The molecule has 1 saturated heterocycles. The summed E-state index contributed by atoms with van der Waals surface area (Å²) in [6.45, 7) is 4.91. The Bertz CT molecular complexity index is 237. The first-order valence-electron chi connectivity index (χ1n) is 5.15. The fraction of sp³-hybridized carbons (Fsp3) is 0.636. The van der Waals surface area contributed by atoms with Crippen LogP contribution in [0.4, 0.5) is 0 Å². The molecule has 1 fully saturated rings. The Morgan fingerprint density at radius 1 is 1.31 bits per heavy atom. The van der Waals surface area contributed by atoms with Crippen molar-refractivity contribution in [3.05, 3.63) is 22.4 Å². The summed E-state index contributed by atoms with van der Waals surface area (Å²) in [7, 11) is 0. The third-order valence-electron chi connectivity index (χ3n) is 2.89. The van der Waals surface area contributed by atoms with Gasteiger partial charge in [0.1, 0.15) is 0 Å². The van der Waals surface area contributed by atoms with Gasteiger partial charge in [0.2, 0.25) is 0 Å². The third-order valence-corrected chi connectivity index (χ3v) is 3.94. The van der Waals surface area contributed by atoms with Gasteiger partial charge in [-0.2, -0.15) is 0 Å². The number of piperidine rings is 1. The summed E-state index contributed by atoms with van der Waals surface area (Å²) in [5.41, 5.74) is 0. The summed E-state index contributed by atoms with van der Waals surface area (Å²) in [5.74, 6) is 0. The van der Waals surface area contributed by atoms with Crippen LogP contribution in [0.1, 0.15) is 37.1 Å². The Labute approximate surface area is 84.4 Å². The van der Waals surface area contributed by atoms with E-state index in [4.69, 9.17) is 0 Å². The van der Waals surface area contributed by atoms with Gasteiger partial charge >= 0.3 is 0 Å². The Morgan fingerprint density at radius 3 is 2.69 bits per heavy atom. The molecule has 1 aliphatic rings. The number of likely N-dealkylation sites (tertiary alicyclic amines) is 1. The molecule has 0 saturated carbocycles. The highest BCUT2D eigenvalue weighted by molar-refractivity contribution is 7.10. The molecule has 1 unspecified atom stereocenters. The van der Waals surface area contributed by atoms with Gasteiger partial charge in [-0.25, -0.2) is 0 Å². The van der Waals surface area contributed by atoms with Crippen LogP contribution in [0.5, 0.6) is 0 Å². The molecule has 0 spiro atoms. The first-order valence-corrected chi connectivity index (χ1v) is 6.03. The topological polar surface area (TPSA) is 3.24 Å². The van der Waals surface area contributed by atoms with Crippen LogP contribution >= 0.6 is 11.3 Å². The van der Waals surface area contributed by atoms with Crippen molar-refractivity contribution in [2.75, 3.05) is 13.1 Å². The molecule has 13 heavy (non-hydrogen) atoms. The number of thiophene rings is 1. The molecule has 0 radical (unpaired) electrons. The number of nitrogens with zero attached hydrogens (tertiary/aromatic N) is 1. The molecule has 1 nitrogen and oxygen atoms in total. The third kappa shape index (κ3) is 2.12. The summed E-state index contributed by atoms with van der Waals surface area (Å²) in [5, 5.41) is 2.18. The Morgan fingerprint density at radius 2 is 2.08 bits per heavy atom. The molecular weight excluding hydrogens is 178 g/mol. The van der Waals surface area contributed by atoms with Gasteiger partial charge in [0.05, 0.1) is 0 Å². The number of hydrogen-bond acceptors (Lipinski definition) is 2. The zero-order valence-corrected chi connectivity index (χ0v) is 9.02. The fourth-order valence-corrected chi connectivity index (χ4v) is 2.83. The largest absolute Gasteiger partial charge is 0.296 e. The number of hydrogen-bond donors (Lipinski definition) is 0. The minimum atomic E-state index is 0.639. The lowest BCUT2D eigenvalue weighted by atomic mass is 10.1. The Balaban J connectivity index is 1.99. The summed E-state index contributed by atoms with van der Waals surface area (Å²) in [4.78, 5) is 4.12. The van der Waals surface area contributed by atoms with Crippen LogP contribution in [0, 0.1) is 0 Å². The Kier molecular flexibility index (Phi) is 3.01. The lowest BCUT2D eigenvalue weighted by Gasteiger charge is -2.31. The molecule has 0 aliphatic carbocycles. The van der Waals surface area contributed by atoms with Crippen molar-refractivity contribution in [3.8, 4) is 0 Å². The van der Waals surface area contributed by atoms with Crippen LogP contribution < -0.4 is 0 Å². The molecule has 0 N–H and O–H groups in total. The average Bonchev–Trinajstić information content (AvgIpc) is 2.71. The SMILES string of the molecule is CC(c1cccs1)N1CCCCC1. The van der Waals surface area contributed by atoms with E-state index in [1.165, 1.54) is 37.2 Å². The van der Waals surface area contributed by atoms with E-state index >= 15 is 0 Å². The standard InChI is InChI=1S/C11H17NS/c1-10(11-6-5-9-13-11)12-7-3-2-4-8-12/h5-6,9-10H,2-4,7-8H2,1H3. The fourth-order valence-electron chi connectivity index (χ4n) is 2.01. The highest BCUT2D eigenvalue weighted by Crippen LogP contribution is 2.26. The molecule has 2 rings (SSSR count). The molecule has 2 heteroatoms. The smallest absolute Gasteiger partial charge is 0.0413 e. The first kappa shape index (κ1) is 9.22. The van der Waals surface area contributed by atoms with Gasteiger partial charge < -0.3 is 0 Å². The van der Waals surface area contributed by atoms with Crippen LogP contribution in [0.3, 0.4) is 0 Å². The van der Waals surface area contributed by atoms with Crippen molar-refractivity contribution < 1.29 is 0 Å². The van der Waals surface area contributed by atoms with E-state index in [1.54, 1.807) is 0 Å². The van der Waals surface area contributed by atoms with Crippen molar-refractivity contribution in [3.63, 3.8) is 0 Å². The maximum atomic E-state index is 2.61. The monoisotopic (exact) mass is 195 g/mol. The lowest BCUT2D eigenvalue weighted by molar-refractivity contribution is 0.177. The van der Waals surface area contributed by atoms with Crippen molar-refractivity contribution in [2.24, 2.45) is 0 Å². The van der Waals surface area contributed by atoms with Crippen LogP contribution in [0.25, 0.3) is 0 Å². The summed E-state index contributed by atoms with van der Waals surface area (Å²) in [6.07, 6.45) is 4.19. The maximum absolute atomic E-state index is 2.61.